The molecule has 252 valence electrons. The molecule has 0 bridgehead atoms. The fourth-order valence-corrected chi connectivity index (χ4v) is 7.32. The van der Waals surface area contributed by atoms with Gasteiger partial charge in [0.1, 0.15) is 11.4 Å². The zero-order valence-corrected chi connectivity index (χ0v) is 26.9. The molecule has 15 heteroatoms. The summed E-state index contributed by atoms with van der Waals surface area (Å²) < 4.78 is 40.1. The number of amides is 1. The molecule has 4 aliphatic carbocycles. The van der Waals surface area contributed by atoms with E-state index in [-0.39, 0.29) is 17.6 Å². The second-order valence-corrected chi connectivity index (χ2v) is 14.4. The molecule has 0 aromatic heterocycles. The number of aliphatic hydroxyl groups is 1. The summed E-state index contributed by atoms with van der Waals surface area (Å²) in [5.41, 5.74) is 2.09. The van der Waals surface area contributed by atoms with Crippen LogP contribution in [-0.2, 0) is 42.9 Å². The molecule has 0 spiro atoms. The number of ether oxygens (including phenoxy) is 5. The summed E-state index contributed by atoms with van der Waals surface area (Å²) >= 11 is 1.16. The van der Waals surface area contributed by atoms with Crippen molar-refractivity contribution in [2.45, 2.75) is 81.1 Å². The van der Waals surface area contributed by atoms with E-state index in [2.05, 4.69) is 5.32 Å². The number of esters is 4. The first-order valence-corrected chi connectivity index (χ1v) is 16.1. The number of aryl methyl sites for hydroxylation is 1. The van der Waals surface area contributed by atoms with Gasteiger partial charge in [-0.3, -0.25) is 14.4 Å². The third-order valence-electron chi connectivity index (χ3n) is 8.74. The normalized spacial score (nSPS) is 29.6. The highest BCUT2D eigenvalue weighted by Crippen LogP contribution is 2.67. The van der Waals surface area contributed by atoms with Gasteiger partial charge in [-0.15, -0.1) is 11.8 Å². The number of rotatable bonds is 12. The lowest BCUT2D eigenvalue weighted by molar-refractivity contribution is -0.176. The minimum atomic E-state index is -2.17. The molecule has 5 rings (SSSR count). The molecule has 1 aromatic rings. The number of halogens is 1. The van der Waals surface area contributed by atoms with Gasteiger partial charge in [-0.05, 0) is 77.1 Å². The van der Waals surface area contributed by atoms with Crippen LogP contribution >= 0.6 is 11.8 Å². The molecule has 4 aliphatic rings. The van der Waals surface area contributed by atoms with Crippen molar-refractivity contribution in [3.8, 4) is 0 Å². The minimum Gasteiger partial charge on any atom is -0.444 e. The van der Waals surface area contributed by atoms with Crippen LogP contribution in [0, 0.1) is 42.3 Å². The first kappa shape index (κ1) is 33.9. The summed E-state index contributed by atoms with van der Waals surface area (Å²) in [6.07, 6.45) is 0.0498. The molecule has 4 N–H and O–H groups in total. The van der Waals surface area contributed by atoms with E-state index in [1.165, 1.54) is 12.1 Å². The number of nitrogens with two attached hydrogens (primary N) is 1. The van der Waals surface area contributed by atoms with Crippen LogP contribution < -0.4 is 11.1 Å². The summed E-state index contributed by atoms with van der Waals surface area (Å²) in [6.45, 7) is 4.93. The van der Waals surface area contributed by atoms with Crippen molar-refractivity contribution < 1.29 is 57.2 Å². The number of carbonyl (C=O) groups excluding carboxylic acids is 5. The molecule has 1 aromatic carbocycles. The van der Waals surface area contributed by atoms with E-state index in [9.17, 15) is 33.5 Å². The molecular weight excluding hydrogens is 627 g/mol. The number of fused-ring (bicyclic) bond motifs is 1. The summed E-state index contributed by atoms with van der Waals surface area (Å²) in [6, 6.07) is 4.39. The summed E-state index contributed by atoms with van der Waals surface area (Å²) in [5, 5.41) is 14.3. The number of thioether (sulfide) groups is 1. The van der Waals surface area contributed by atoms with Gasteiger partial charge in [-0.25, -0.2) is 14.0 Å². The van der Waals surface area contributed by atoms with E-state index in [1.54, 1.807) is 33.8 Å². The Balaban J connectivity index is 1.44. The number of benzene rings is 1. The molecule has 4 fully saturated rings. The Bertz CT molecular complexity index is 1410. The number of alkyl carbamates (subject to hydrolysis) is 1. The smallest absolute Gasteiger partial charge is 0.408 e. The third-order valence-corrected chi connectivity index (χ3v) is 9.86. The van der Waals surface area contributed by atoms with Crippen LogP contribution in [0.1, 0.15) is 52.0 Å². The van der Waals surface area contributed by atoms with Crippen molar-refractivity contribution in [2.75, 3.05) is 19.3 Å². The Labute approximate surface area is 269 Å². The predicted molar refractivity (Wildman–Crippen MR) is 157 cm³/mol. The van der Waals surface area contributed by atoms with Crippen LogP contribution in [0.3, 0.4) is 0 Å². The van der Waals surface area contributed by atoms with E-state index in [4.69, 9.17) is 29.4 Å². The highest BCUT2D eigenvalue weighted by molar-refractivity contribution is 7.99. The fraction of sp³-hybridized carbons (Fsp3) is 0.645. The van der Waals surface area contributed by atoms with E-state index < -0.39 is 89.9 Å². The Morgan fingerprint density at radius 3 is 2.09 bits per heavy atom. The molecule has 0 radical (unpaired) electrons. The van der Waals surface area contributed by atoms with E-state index in [0.29, 0.717) is 36.1 Å². The SMILES string of the molecule is Cc1cc(SCC2[C@@H](O)[C@@]3(N)[C@H](C(=O)OCOC(=O)C4CC4)[C@H]3[C@]2(NC(=O)OC(C)(C)C)C(=O)OCOC(=O)C2CC2)ccc1F. The number of nitrogens with one attached hydrogen (secondary N) is 1. The minimum absolute atomic E-state index is 0.0464. The van der Waals surface area contributed by atoms with E-state index >= 15 is 0 Å². The number of carbonyl (C=O) groups is 5. The van der Waals surface area contributed by atoms with Crippen molar-refractivity contribution >= 4 is 41.7 Å². The number of hydrogen-bond donors (Lipinski definition) is 3. The average Bonchev–Trinajstić information content (AvgIpc) is 3.84. The van der Waals surface area contributed by atoms with Gasteiger partial charge in [0, 0.05) is 22.5 Å². The lowest BCUT2D eigenvalue weighted by Crippen LogP contribution is -2.64. The highest BCUT2D eigenvalue weighted by atomic mass is 32.2. The van der Waals surface area contributed by atoms with Gasteiger partial charge in [-0.2, -0.15) is 0 Å². The molecule has 0 heterocycles. The number of hydrogen-bond acceptors (Lipinski definition) is 13. The van der Waals surface area contributed by atoms with Crippen LogP contribution in [0.25, 0.3) is 0 Å². The van der Waals surface area contributed by atoms with Gasteiger partial charge in [0.2, 0.25) is 13.6 Å². The van der Waals surface area contributed by atoms with Gasteiger partial charge in [-0.1, -0.05) is 0 Å². The molecule has 0 aliphatic heterocycles. The van der Waals surface area contributed by atoms with Crippen molar-refractivity contribution in [2.24, 2.45) is 35.3 Å². The summed E-state index contributed by atoms with van der Waals surface area (Å²) in [7, 11) is 0. The molecule has 0 saturated heterocycles. The van der Waals surface area contributed by atoms with Gasteiger partial charge in [0.15, 0.2) is 5.54 Å². The highest BCUT2D eigenvalue weighted by Gasteiger charge is 2.87. The van der Waals surface area contributed by atoms with Crippen LogP contribution in [0.2, 0.25) is 0 Å². The topological polar surface area (TPSA) is 190 Å². The van der Waals surface area contributed by atoms with Gasteiger partial charge in [0.25, 0.3) is 0 Å². The van der Waals surface area contributed by atoms with Crippen molar-refractivity contribution in [3.63, 3.8) is 0 Å². The lowest BCUT2D eigenvalue weighted by atomic mass is 9.80. The lowest BCUT2D eigenvalue weighted by Gasteiger charge is -2.38. The van der Waals surface area contributed by atoms with Crippen molar-refractivity contribution in [1.29, 1.82) is 0 Å². The summed E-state index contributed by atoms with van der Waals surface area (Å²) in [5.74, 6) is -7.87. The largest absolute Gasteiger partial charge is 0.444 e. The first-order chi connectivity index (χ1) is 21.6. The monoisotopic (exact) mass is 666 g/mol. The quantitative estimate of drug-likeness (QED) is 0.128. The van der Waals surface area contributed by atoms with Crippen molar-refractivity contribution in [1.82, 2.24) is 5.32 Å². The Kier molecular flexibility index (Phi) is 9.32. The second kappa shape index (κ2) is 12.6. The standard InChI is InChI=1S/C31H39FN2O11S/c1-15-11-18(9-10-20(15)32)46-12-19-23(35)30(33)21(26(38)43-13-41-24(36)16-5-6-16)22(30)31(19,34-28(40)45-29(2,3)4)27(39)44-14-42-25(37)17-7-8-17/h9-11,16-17,19,21-23,35H,5-8,12-14,33H2,1-4H3,(H,34,40)/t19?,21-,22+,23+,30+,31-/m0/s1. The molecule has 13 nitrogen and oxygen atoms in total. The maximum atomic E-state index is 14.1. The van der Waals surface area contributed by atoms with Gasteiger partial charge in [0.05, 0.1) is 29.4 Å². The van der Waals surface area contributed by atoms with Crippen LogP contribution in [0.15, 0.2) is 23.1 Å². The predicted octanol–water partition coefficient (Wildman–Crippen LogP) is 2.33. The number of aliphatic hydroxyl groups excluding tert-OH is 1. The Hall–Kier alpha value is -3.43. The first-order valence-electron chi connectivity index (χ1n) is 15.1. The van der Waals surface area contributed by atoms with Gasteiger partial charge >= 0.3 is 30.0 Å². The molecular formula is C31H39FN2O11S. The average molecular weight is 667 g/mol. The zero-order chi connectivity index (χ0) is 33.6. The third kappa shape index (κ3) is 6.81. The fourth-order valence-electron chi connectivity index (χ4n) is 6.08. The van der Waals surface area contributed by atoms with Crippen LogP contribution in [0.4, 0.5) is 9.18 Å². The molecule has 6 atom stereocenters. The maximum Gasteiger partial charge on any atom is 0.408 e. The van der Waals surface area contributed by atoms with Crippen molar-refractivity contribution in [3.05, 3.63) is 29.6 Å². The maximum absolute atomic E-state index is 14.1. The molecule has 46 heavy (non-hydrogen) atoms. The van der Waals surface area contributed by atoms with Gasteiger partial charge < -0.3 is 39.8 Å². The van der Waals surface area contributed by atoms with E-state index in [0.717, 1.165) is 11.8 Å². The Morgan fingerprint density at radius 1 is 0.978 bits per heavy atom. The van der Waals surface area contributed by atoms with E-state index in [1.807, 2.05) is 0 Å². The Morgan fingerprint density at radius 2 is 1.54 bits per heavy atom. The molecule has 1 amide bonds. The van der Waals surface area contributed by atoms with Crippen LogP contribution in [0.5, 0.6) is 0 Å². The van der Waals surface area contributed by atoms with Crippen LogP contribution in [-0.4, -0.2) is 77.2 Å². The molecule has 4 saturated carbocycles. The summed E-state index contributed by atoms with van der Waals surface area (Å²) in [4.78, 5) is 65.3. The second-order valence-electron chi connectivity index (χ2n) is 13.3. The molecule has 1 unspecified atom stereocenters. The zero-order valence-electron chi connectivity index (χ0n) is 26.0.